The average molecular weight is 347 g/mol. The van der Waals surface area contributed by atoms with Crippen LogP contribution in [0.4, 0.5) is 8.78 Å². The molecule has 1 N–H and O–H groups in total. The SMILES string of the molecule is O=C(O)c1ncc(C(F)F)c(I)c1CCl. The average Bonchev–Trinajstić information content (AvgIpc) is 2.16. The molecule has 0 saturated heterocycles. The van der Waals surface area contributed by atoms with Crippen molar-refractivity contribution in [2.24, 2.45) is 0 Å². The van der Waals surface area contributed by atoms with Gasteiger partial charge in [-0.2, -0.15) is 0 Å². The van der Waals surface area contributed by atoms with Crippen LogP contribution < -0.4 is 0 Å². The quantitative estimate of drug-likeness (QED) is 0.675. The van der Waals surface area contributed by atoms with Crippen LogP contribution in [0, 0.1) is 3.57 Å². The predicted octanol–water partition coefficient (Wildman–Crippen LogP) is 3.06. The molecule has 1 rings (SSSR count). The summed E-state index contributed by atoms with van der Waals surface area (Å²) in [6, 6.07) is 0. The van der Waals surface area contributed by atoms with Crippen LogP contribution in [-0.2, 0) is 5.88 Å². The molecule has 0 aromatic carbocycles. The molecular formula is C8H5ClF2INO2. The first-order valence-corrected chi connectivity index (χ1v) is 5.35. The van der Waals surface area contributed by atoms with E-state index in [4.69, 9.17) is 16.7 Å². The Morgan fingerprint density at radius 2 is 2.27 bits per heavy atom. The zero-order valence-electron chi connectivity index (χ0n) is 7.18. The van der Waals surface area contributed by atoms with Gasteiger partial charge in [0.2, 0.25) is 0 Å². The van der Waals surface area contributed by atoms with Crippen LogP contribution in [0.2, 0.25) is 0 Å². The minimum atomic E-state index is -2.69. The molecule has 3 nitrogen and oxygen atoms in total. The van der Waals surface area contributed by atoms with Crippen molar-refractivity contribution in [2.45, 2.75) is 12.3 Å². The smallest absolute Gasteiger partial charge is 0.354 e. The fourth-order valence-corrected chi connectivity index (χ4v) is 2.31. The summed E-state index contributed by atoms with van der Waals surface area (Å²) in [5.74, 6) is -1.43. The summed E-state index contributed by atoms with van der Waals surface area (Å²) in [6.45, 7) is 0. The van der Waals surface area contributed by atoms with E-state index in [0.29, 0.717) is 0 Å². The number of hydrogen-bond acceptors (Lipinski definition) is 2. The molecule has 0 bridgehead atoms. The number of hydrogen-bond donors (Lipinski definition) is 1. The number of pyridine rings is 1. The Bertz CT molecular complexity index is 400. The fraction of sp³-hybridized carbons (Fsp3) is 0.250. The zero-order chi connectivity index (χ0) is 11.6. The predicted molar refractivity (Wildman–Crippen MR) is 58.4 cm³/mol. The van der Waals surface area contributed by atoms with E-state index in [9.17, 15) is 13.6 Å². The van der Waals surface area contributed by atoms with Gasteiger partial charge in [-0.05, 0) is 22.6 Å². The molecule has 0 saturated carbocycles. The number of halogens is 4. The van der Waals surface area contributed by atoms with Gasteiger partial charge in [-0.15, -0.1) is 11.6 Å². The molecule has 0 radical (unpaired) electrons. The second-order valence-electron chi connectivity index (χ2n) is 2.59. The number of aromatic nitrogens is 1. The van der Waals surface area contributed by atoms with Gasteiger partial charge in [-0.1, -0.05) is 0 Å². The Morgan fingerprint density at radius 1 is 1.67 bits per heavy atom. The second-order valence-corrected chi connectivity index (χ2v) is 3.94. The largest absolute Gasteiger partial charge is 0.477 e. The van der Waals surface area contributed by atoms with E-state index in [1.54, 1.807) is 22.6 Å². The van der Waals surface area contributed by atoms with E-state index in [-0.39, 0.29) is 26.3 Å². The molecule has 0 fully saturated rings. The minimum Gasteiger partial charge on any atom is -0.477 e. The molecule has 0 amide bonds. The third-order valence-corrected chi connectivity index (χ3v) is 3.25. The van der Waals surface area contributed by atoms with Crippen LogP contribution in [0.3, 0.4) is 0 Å². The van der Waals surface area contributed by atoms with E-state index in [1.807, 2.05) is 0 Å². The maximum atomic E-state index is 12.4. The molecule has 0 aliphatic carbocycles. The van der Waals surface area contributed by atoms with Crippen molar-refractivity contribution < 1.29 is 18.7 Å². The highest BCUT2D eigenvalue weighted by Gasteiger charge is 2.21. The molecule has 7 heteroatoms. The number of alkyl halides is 3. The second kappa shape index (κ2) is 5.02. The van der Waals surface area contributed by atoms with Gasteiger partial charge in [0.15, 0.2) is 5.69 Å². The van der Waals surface area contributed by atoms with Crippen molar-refractivity contribution in [2.75, 3.05) is 0 Å². The fourth-order valence-electron chi connectivity index (χ4n) is 1.01. The number of carboxylic acids is 1. The van der Waals surface area contributed by atoms with Crippen LogP contribution in [0.25, 0.3) is 0 Å². The van der Waals surface area contributed by atoms with Gasteiger partial charge in [-0.25, -0.2) is 18.6 Å². The first-order valence-electron chi connectivity index (χ1n) is 3.73. The molecule has 0 unspecified atom stereocenters. The molecule has 1 aromatic rings. The Labute approximate surface area is 103 Å². The molecule has 0 atom stereocenters. The van der Waals surface area contributed by atoms with Gasteiger partial charge in [0.05, 0.1) is 5.88 Å². The molecular weight excluding hydrogens is 342 g/mol. The maximum absolute atomic E-state index is 12.4. The normalized spacial score (nSPS) is 10.7. The third kappa shape index (κ3) is 2.54. The van der Waals surface area contributed by atoms with Crippen LogP contribution in [0.1, 0.15) is 28.0 Å². The highest BCUT2D eigenvalue weighted by atomic mass is 127. The lowest BCUT2D eigenvalue weighted by atomic mass is 10.1. The lowest BCUT2D eigenvalue weighted by Gasteiger charge is -2.09. The number of nitrogens with zero attached hydrogens (tertiary/aromatic N) is 1. The Balaban J connectivity index is 3.39. The van der Waals surface area contributed by atoms with Crippen LogP contribution in [-0.4, -0.2) is 16.1 Å². The number of carboxylic acid groups (broad SMARTS) is 1. The number of carbonyl (C=O) groups is 1. The van der Waals surface area contributed by atoms with E-state index >= 15 is 0 Å². The van der Waals surface area contributed by atoms with Crippen molar-refractivity contribution in [1.82, 2.24) is 4.98 Å². The molecule has 0 aliphatic rings. The van der Waals surface area contributed by atoms with Crippen molar-refractivity contribution in [3.8, 4) is 0 Å². The van der Waals surface area contributed by atoms with Crippen LogP contribution in [0.5, 0.6) is 0 Å². The zero-order valence-corrected chi connectivity index (χ0v) is 10.1. The maximum Gasteiger partial charge on any atom is 0.354 e. The van der Waals surface area contributed by atoms with Gasteiger partial charge in [0.1, 0.15) is 0 Å². The van der Waals surface area contributed by atoms with Gasteiger partial charge in [0, 0.05) is 20.9 Å². The first-order chi connectivity index (χ1) is 6.99. The van der Waals surface area contributed by atoms with E-state index in [0.717, 1.165) is 6.20 Å². The lowest BCUT2D eigenvalue weighted by Crippen LogP contribution is -2.09. The highest BCUT2D eigenvalue weighted by molar-refractivity contribution is 14.1. The topological polar surface area (TPSA) is 50.2 Å². The summed E-state index contributed by atoms with van der Waals surface area (Å²) in [4.78, 5) is 14.2. The first kappa shape index (κ1) is 12.6. The summed E-state index contributed by atoms with van der Waals surface area (Å²) >= 11 is 7.15. The van der Waals surface area contributed by atoms with Crippen molar-refractivity contribution >= 4 is 40.2 Å². The van der Waals surface area contributed by atoms with Crippen molar-refractivity contribution in [1.29, 1.82) is 0 Å². The Hall–Kier alpha value is -0.500. The minimum absolute atomic E-state index is 0.127. The number of rotatable bonds is 3. The van der Waals surface area contributed by atoms with Crippen LogP contribution >= 0.6 is 34.2 Å². The van der Waals surface area contributed by atoms with Gasteiger partial charge in [0.25, 0.3) is 6.43 Å². The molecule has 0 spiro atoms. The summed E-state index contributed by atoms with van der Waals surface area (Å²) in [5.41, 5.74) is -0.447. The summed E-state index contributed by atoms with van der Waals surface area (Å²) in [7, 11) is 0. The van der Waals surface area contributed by atoms with Gasteiger partial charge < -0.3 is 5.11 Å². The standard InChI is InChI=1S/C8H5ClF2INO2/c9-1-3-5(12)4(7(10)11)2-13-6(3)8(14)15/h2,7H,1H2,(H,14,15). The Morgan fingerprint density at radius 3 is 2.67 bits per heavy atom. The van der Waals surface area contributed by atoms with E-state index < -0.39 is 12.4 Å². The van der Waals surface area contributed by atoms with E-state index in [1.165, 1.54) is 0 Å². The van der Waals surface area contributed by atoms with E-state index in [2.05, 4.69) is 4.98 Å². The van der Waals surface area contributed by atoms with Crippen molar-refractivity contribution in [3.05, 3.63) is 26.6 Å². The summed E-state index contributed by atoms with van der Waals surface area (Å²) < 4.78 is 25.0. The van der Waals surface area contributed by atoms with Crippen molar-refractivity contribution in [3.63, 3.8) is 0 Å². The monoisotopic (exact) mass is 347 g/mol. The van der Waals surface area contributed by atoms with Gasteiger partial charge >= 0.3 is 5.97 Å². The third-order valence-electron chi connectivity index (χ3n) is 1.71. The number of aromatic carboxylic acids is 1. The van der Waals surface area contributed by atoms with Crippen LogP contribution in [0.15, 0.2) is 6.20 Å². The molecule has 15 heavy (non-hydrogen) atoms. The molecule has 1 heterocycles. The molecule has 1 aromatic heterocycles. The Kier molecular flexibility index (Phi) is 4.21. The van der Waals surface area contributed by atoms with Gasteiger partial charge in [-0.3, -0.25) is 0 Å². The molecule has 0 aliphatic heterocycles. The molecule has 82 valence electrons. The highest BCUT2D eigenvalue weighted by Crippen LogP contribution is 2.28. The summed E-state index contributed by atoms with van der Waals surface area (Å²) in [6.07, 6.45) is -1.82. The lowest BCUT2D eigenvalue weighted by molar-refractivity contribution is 0.0688. The summed E-state index contributed by atoms with van der Waals surface area (Å²) in [5, 5.41) is 8.74.